The third kappa shape index (κ3) is 3.91. The summed E-state index contributed by atoms with van der Waals surface area (Å²) in [4.78, 5) is 21.4. The van der Waals surface area contributed by atoms with Crippen LogP contribution < -0.4 is 0 Å². The van der Waals surface area contributed by atoms with E-state index >= 15 is 0 Å². The maximum atomic E-state index is 11.8. The summed E-state index contributed by atoms with van der Waals surface area (Å²) in [6.07, 6.45) is 1.76. The number of hydrogen-bond donors (Lipinski definition) is 0. The Kier molecular flexibility index (Phi) is 4.82. The lowest BCUT2D eigenvalue weighted by Crippen LogP contribution is -2.08. The average molecular weight is 351 g/mol. The first-order valence-corrected chi connectivity index (χ1v) is 8.59. The average Bonchev–Trinajstić information content (AvgIpc) is 3.17. The van der Waals surface area contributed by atoms with Gasteiger partial charge in [-0.25, -0.2) is 9.97 Å². The van der Waals surface area contributed by atoms with E-state index in [4.69, 9.17) is 16.3 Å². The zero-order valence-corrected chi connectivity index (χ0v) is 13.7. The smallest absolute Gasteiger partial charge is 0.312 e. The molecule has 3 heterocycles. The quantitative estimate of drug-likeness (QED) is 0.511. The van der Waals surface area contributed by atoms with Crippen molar-refractivity contribution < 1.29 is 9.53 Å². The number of carbonyl (C=O) groups excluding carboxylic acids is 1. The minimum atomic E-state index is -0.307. The minimum absolute atomic E-state index is 0.170. The maximum absolute atomic E-state index is 11.8. The van der Waals surface area contributed by atoms with Crippen molar-refractivity contribution in [3.8, 4) is 9.88 Å². The molecule has 0 bridgehead atoms. The fourth-order valence-electron chi connectivity index (χ4n) is 1.76. The molecule has 0 atom stereocenters. The van der Waals surface area contributed by atoms with Crippen LogP contribution in [0.5, 0.6) is 0 Å². The summed E-state index contributed by atoms with van der Waals surface area (Å²) in [5, 5.41) is 5.24. The predicted molar refractivity (Wildman–Crippen MR) is 88.2 cm³/mol. The zero-order valence-electron chi connectivity index (χ0n) is 11.4. The summed E-state index contributed by atoms with van der Waals surface area (Å²) in [6.45, 7) is 0.185. The van der Waals surface area contributed by atoms with E-state index in [0.29, 0.717) is 5.15 Å². The Morgan fingerprint density at radius 2 is 2.18 bits per heavy atom. The van der Waals surface area contributed by atoms with Crippen LogP contribution in [0.2, 0.25) is 5.15 Å². The lowest BCUT2D eigenvalue weighted by molar-refractivity contribution is -0.144. The van der Waals surface area contributed by atoms with Gasteiger partial charge in [-0.15, -0.1) is 22.7 Å². The summed E-state index contributed by atoms with van der Waals surface area (Å²) in [7, 11) is 0. The van der Waals surface area contributed by atoms with E-state index in [-0.39, 0.29) is 19.0 Å². The predicted octanol–water partition coefficient (Wildman–Crippen LogP) is 4.21. The fourth-order valence-corrected chi connectivity index (χ4v) is 3.50. The van der Waals surface area contributed by atoms with Crippen LogP contribution in [0.4, 0.5) is 0 Å². The van der Waals surface area contributed by atoms with Crippen LogP contribution in [0.15, 0.2) is 41.2 Å². The Bertz CT molecular complexity index is 754. The second kappa shape index (κ2) is 7.00. The van der Waals surface area contributed by atoms with Gasteiger partial charge in [0.1, 0.15) is 16.8 Å². The van der Waals surface area contributed by atoms with Crippen molar-refractivity contribution in [3.63, 3.8) is 0 Å². The van der Waals surface area contributed by atoms with Crippen LogP contribution in [-0.2, 0) is 22.6 Å². The lowest BCUT2D eigenvalue weighted by Gasteiger charge is -2.03. The van der Waals surface area contributed by atoms with E-state index in [1.54, 1.807) is 29.7 Å². The molecule has 3 aromatic rings. The molecule has 22 heavy (non-hydrogen) atoms. The third-order valence-corrected chi connectivity index (χ3v) is 4.95. The number of thiophene rings is 1. The molecule has 112 valence electrons. The van der Waals surface area contributed by atoms with E-state index in [9.17, 15) is 4.79 Å². The van der Waals surface area contributed by atoms with Crippen molar-refractivity contribution in [1.82, 2.24) is 9.97 Å². The van der Waals surface area contributed by atoms with Gasteiger partial charge in [0.05, 0.1) is 17.0 Å². The molecule has 0 radical (unpaired) electrons. The second-order valence-corrected chi connectivity index (χ2v) is 6.64. The maximum Gasteiger partial charge on any atom is 0.312 e. The van der Waals surface area contributed by atoms with Gasteiger partial charge >= 0.3 is 5.97 Å². The number of nitrogens with zero attached hydrogens (tertiary/aromatic N) is 2. The molecule has 0 aromatic carbocycles. The Morgan fingerprint density at radius 3 is 2.91 bits per heavy atom. The summed E-state index contributed by atoms with van der Waals surface area (Å²) in [5.74, 6) is -0.307. The first kappa shape index (κ1) is 15.1. The number of halogens is 1. The number of thiazole rings is 1. The molecule has 0 saturated heterocycles. The first-order chi connectivity index (χ1) is 10.7. The molecule has 0 fully saturated rings. The molecule has 3 aromatic heterocycles. The third-order valence-electron chi connectivity index (χ3n) is 2.80. The summed E-state index contributed by atoms with van der Waals surface area (Å²) in [6, 6.07) is 7.44. The van der Waals surface area contributed by atoms with Crippen molar-refractivity contribution >= 4 is 40.2 Å². The standard InChI is InChI=1S/C15H11ClN2O2S2/c16-13-4-3-10(7-17-13)8-20-14(19)6-11-9-22-15(18-11)12-2-1-5-21-12/h1-5,7,9H,6,8H2. The summed E-state index contributed by atoms with van der Waals surface area (Å²) in [5.41, 5.74) is 1.53. The minimum Gasteiger partial charge on any atom is -0.460 e. The van der Waals surface area contributed by atoms with Gasteiger partial charge < -0.3 is 4.74 Å². The second-order valence-electron chi connectivity index (χ2n) is 4.45. The van der Waals surface area contributed by atoms with Gasteiger partial charge in [-0.1, -0.05) is 23.7 Å². The first-order valence-electron chi connectivity index (χ1n) is 6.45. The van der Waals surface area contributed by atoms with Gasteiger partial charge in [-0.3, -0.25) is 4.79 Å². The zero-order chi connectivity index (χ0) is 15.4. The van der Waals surface area contributed by atoms with Crippen molar-refractivity contribution in [2.45, 2.75) is 13.0 Å². The SMILES string of the molecule is O=C(Cc1csc(-c2cccs2)n1)OCc1ccc(Cl)nc1. The number of aromatic nitrogens is 2. The van der Waals surface area contributed by atoms with Crippen LogP contribution in [-0.4, -0.2) is 15.9 Å². The molecule has 0 spiro atoms. The van der Waals surface area contributed by atoms with Gasteiger partial charge in [-0.2, -0.15) is 0 Å². The van der Waals surface area contributed by atoms with Crippen LogP contribution in [0, 0.1) is 0 Å². The highest BCUT2D eigenvalue weighted by molar-refractivity contribution is 7.20. The lowest BCUT2D eigenvalue weighted by atomic mass is 10.3. The molecule has 0 saturated carbocycles. The number of carbonyl (C=O) groups is 1. The monoisotopic (exact) mass is 350 g/mol. The molecule has 7 heteroatoms. The summed E-state index contributed by atoms with van der Waals surface area (Å²) < 4.78 is 5.22. The van der Waals surface area contributed by atoms with Crippen LogP contribution in [0.3, 0.4) is 0 Å². The van der Waals surface area contributed by atoms with Crippen molar-refractivity contribution in [2.75, 3.05) is 0 Å². The van der Waals surface area contributed by atoms with Crippen molar-refractivity contribution in [3.05, 3.63) is 57.6 Å². The van der Waals surface area contributed by atoms with Gasteiger partial charge in [0.25, 0.3) is 0 Å². The number of hydrogen-bond acceptors (Lipinski definition) is 6. The Morgan fingerprint density at radius 1 is 1.27 bits per heavy atom. The molecule has 0 aliphatic rings. The molecule has 0 unspecified atom stereocenters. The van der Waals surface area contributed by atoms with Gasteiger partial charge in [0.15, 0.2) is 0 Å². The van der Waals surface area contributed by atoms with E-state index in [1.165, 1.54) is 11.3 Å². The highest BCUT2D eigenvalue weighted by atomic mass is 35.5. The van der Waals surface area contributed by atoms with Gasteiger partial charge in [0.2, 0.25) is 0 Å². The molecular weight excluding hydrogens is 340 g/mol. The van der Waals surface area contributed by atoms with Gasteiger partial charge in [0, 0.05) is 17.1 Å². The number of pyridine rings is 1. The largest absolute Gasteiger partial charge is 0.460 e. The fraction of sp³-hybridized carbons (Fsp3) is 0.133. The molecule has 3 rings (SSSR count). The normalized spacial score (nSPS) is 10.6. The van der Waals surface area contributed by atoms with Gasteiger partial charge in [-0.05, 0) is 17.5 Å². The highest BCUT2D eigenvalue weighted by Gasteiger charge is 2.11. The number of rotatable bonds is 5. The highest BCUT2D eigenvalue weighted by Crippen LogP contribution is 2.27. The van der Waals surface area contributed by atoms with E-state index in [1.807, 2.05) is 22.9 Å². The van der Waals surface area contributed by atoms with Crippen molar-refractivity contribution in [2.24, 2.45) is 0 Å². The number of ether oxygens (including phenoxy) is 1. The molecular formula is C15H11ClN2O2S2. The number of esters is 1. The van der Waals surface area contributed by atoms with E-state index < -0.39 is 0 Å². The van der Waals surface area contributed by atoms with Crippen molar-refractivity contribution in [1.29, 1.82) is 0 Å². The molecule has 0 amide bonds. The molecule has 4 nitrogen and oxygen atoms in total. The van der Waals surface area contributed by atoms with Crippen LogP contribution >= 0.6 is 34.3 Å². The molecule has 0 aliphatic carbocycles. The Balaban J connectivity index is 1.54. The van der Waals surface area contributed by atoms with E-state index in [2.05, 4.69) is 9.97 Å². The molecule has 0 N–H and O–H groups in total. The summed E-state index contributed by atoms with van der Waals surface area (Å²) >= 11 is 8.86. The van der Waals surface area contributed by atoms with E-state index in [0.717, 1.165) is 21.1 Å². The van der Waals surface area contributed by atoms with Crippen LogP contribution in [0.1, 0.15) is 11.3 Å². The topological polar surface area (TPSA) is 52.1 Å². The Hall–Kier alpha value is -1.76. The molecule has 0 aliphatic heterocycles. The Labute approximate surface area is 140 Å². The van der Waals surface area contributed by atoms with Crippen LogP contribution in [0.25, 0.3) is 9.88 Å².